The number of benzene rings is 1. The highest BCUT2D eigenvalue weighted by Gasteiger charge is 2.47. The quantitative estimate of drug-likeness (QED) is 0.789. The second-order valence-corrected chi connectivity index (χ2v) is 6.73. The zero-order valence-corrected chi connectivity index (χ0v) is 15.8. The summed E-state index contributed by atoms with van der Waals surface area (Å²) in [6.45, 7) is 1.11. The number of fused-ring (bicyclic) bond motifs is 1. The summed E-state index contributed by atoms with van der Waals surface area (Å²) in [5.74, 6) is -1.52. The Hall–Kier alpha value is -2.77. The first-order valence-corrected chi connectivity index (χ1v) is 8.93. The maximum Gasteiger partial charge on any atom is 0.262 e. The van der Waals surface area contributed by atoms with E-state index in [1.54, 1.807) is 41.3 Å². The van der Waals surface area contributed by atoms with Crippen molar-refractivity contribution < 1.29 is 19.5 Å². The molecule has 1 aromatic heterocycles. The number of aliphatic hydroxyl groups is 1. The van der Waals surface area contributed by atoms with E-state index in [1.807, 2.05) is 0 Å². The molecule has 146 valence electrons. The van der Waals surface area contributed by atoms with E-state index in [4.69, 9.17) is 0 Å². The molecule has 1 fully saturated rings. The zero-order valence-electron chi connectivity index (χ0n) is 15.0. The fourth-order valence-corrected chi connectivity index (χ4v) is 3.71. The predicted molar refractivity (Wildman–Crippen MR) is 103 cm³/mol. The number of imide groups is 1. The van der Waals surface area contributed by atoms with Gasteiger partial charge in [0.1, 0.15) is 12.1 Å². The van der Waals surface area contributed by atoms with Crippen LogP contribution in [0.25, 0.3) is 0 Å². The zero-order chi connectivity index (χ0) is 19.0. The van der Waals surface area contributed by atoms with Gasteiger partial charge in [0.2, 0.25) is 5.91 Å². The van der Waals surface area contributed by atoms with Crippen LogP contribution in [0.2, 0.25) is 0 Å². The molecule has 0 bridgehead atoms. The number of halogens is 1. The minimum absolute atomic E-state index is 0. The van der Waals surface area contributed by atoms with Crippen molar-refractivity contribution in [1.82, 2.24) is 14.8 Å². The van der Waals surface area contributed by atoms with Crippen molar-refractivity contribution in [3.8, 4) is 0 Å². The summed E-state index contributed by atoms with van der Waals surface area (Å²) in [5, 5.41) is 11.0. The summed E-state index contributed by atoms with van der Waals surface area (Å²) in [6, 6.07) is 8.31. The second kappa shape index (κ2) is 8.08. The minimum Gasteiger partial charge on any atom is -0.386 e. The monoisotopic (exact) mass is 401 g/mol. The number of amides is 3. The molecule has 2 aromatic rings. The highest BCUT2D eigenvalue weighted by molar-refractivity contribution is 6.22. The first kappa shape index (κ1) is 20.0. The van der Waals surface area contributed by atoms with E-state index in [2.05, 4.69) is 4.98 Å². The number of aliphatic hydroxyl groups excluding tert-OH is 1. The predicted octanol–water partition coefficient (Wildman–Crippen LogP) is 1.82. The number of nitrogens with zero attached hydrogens (tertiary/aromatic N) is 3. The van der Waals surface area contributed by atoms with Crippen LogP contribution in [0.1, 0.15) is 45.2 Å². The SMILES string of the molecule is Cl.O=C([C@@H]([C@@H](O)c1ccncc1)N1C(=O)c2ccccc2C1=O)N1CCCC1. The van der Waals surface area contributed by atoms with Crippen LogP contribution in [-0.4, -0.2) is 56.7 Å². The van der Waals surface area contributed by atoms with Gasteiger partial charge >= 0.3 is 0 Å². The van der Waals surface area contributed by atoms with Crippen LogP contribution in [-0.2, 0) is 4.79 Å². The fourth-order valence-electron chi connectivity index (χ4n) is 3.71. The van der Waals surface area contributed by atoms with Crippen molar-refractivity contribution in [2.75, 3.05) is 13.1 Å². The van der Waals surface area contributed by atoms with Crippen molar-refractivity contribution in [3.63, 3.8) is 0 Å². The number of carbonyl (C=O) groups is 3. The van der Waals surface area contributed by atoms with Gasteiger partial charge in [0.25, 0.3) is 11.8 Å². The van der Waals surface area contributed by atoms with Crippen LogP contribution < -0.4 is 0 Å². The maximum absolute atomic E-state index is 13.2. The van der Waals surface area contributed by atoms with E-state index < -0.39 is 29.9 Å². The molecule has 7 nitrogen and oxygen atoms in total. The topological polar surface area (TPSA) is 90.8 Å². The molecular formula is C20H20ClN3O4. The van der Waals surface area contributed by atoms with Crippen LogP contribution >= 0.6 is 12.4 Å². The van der Waals surface area contributed by atoms with Gasteiger partial charge in [0.15, 0.2) is 0 Å². The summed E-state index contributed by atoms with van der Waals surface area (Å²) in [5.41, 5.74) is 0.936. The van der Waals surface area contributed by atoms with Gasteiger partial charge in [0.05, 0.1) is 11.1 Å². The summed E-state index contributed by atoms with van der Waals surface area (Å²) in [7, 11) is 0. The fraction of sp³-hybridized carbons (Fsp3) is 0.300. The number of pyridine rings is 1. The largest absolute Gasteiger partial charge is 0.386 e. The molecule has 8 heteroatoms. The molecule has 28 heavy (non-hydrogen) atoms. The Labute approximate surface area is 168 Å². The van der Waals surface area contributed by atoms with E-state index in [0.29, 0.717) is 18.7 Å². The minimum atomic E-state index is -1.33. The second-order valence-electron chi connectivity index (χ2n) is 6.73. The number of hydrogen-bond donors (Lipinski definition) is 1. The van der Waals surface area contributed by atoms with Gasteiger partial charge in [-0.25, -0.2) is 0 Å². The normalized spacial score (nSPS) is 17.9. The summed E-state index contributed by atoms with van der Waals surface area (Å²) < 4.78 is 0. The van der Waals surface area contributed by atoms with E-state index in [0.717, 1.165) is 17.7 Å². The number of aromatic nitrogens is 1. The lowest BCUT2D eigenvalue weighted by atomic mass is 10.0. The lowest BCUT2D eigenvalue weighted by Crippen LogP contribution is -2.53. The molecular weight excluding hydrogens is 382 g/mol. The van der Waals surface area contributed by atoms with Crippen LogP contribution in [0.3, 0.4) is 0 Å². The van der Waals surface area contributed by atoms with Crippen LogP contribution in [0.15, 0.2) is 48.8 Å². The van der Waals surface area contributed by atoms with Gasteiger partial charge in [-0.15, -0.1) is 12.4 Å². The van der Waals surface area contributed by atoms with Crippen molar-refractivity contribution in [3.05, 3.63) is 65.5 Å². The van der Waals surface area contributed by atoms with Gasteiger partial charge in [0, 0.05) is 25.5 Å². The molecule has 4 rings (SSSR count). The molecule has 0 saturated carbocycles. The molecule has 0 radical (unpaired) electrons. The van der Waals surface area contributed by atoms with Gasteiger partial charge in [-0.05, 0) is 42.7 Å². The average Bonchev–Trinajstić information content (AvgIpc) is 3.32. The molecule has 1 saturated heterocycles. The molecule has 2 aliphatic rings. The Morgan fingerprint density at radius 2 is 1.50 bits per heavy atom. The van der Waals surface area contributed by atoms with E-state index in [1.165, 1.54) is 12.4 Å². The highest BCUT2D eigenvalue weighted by atomic mass is 35.5. The first-order chi connectivity index (χ1) is 13.1. The molecule has 1 N–H and O–H groups in total. The molecule has 0 spiro atoms. The van der Waals surface area contributed by atoms with Crippen molar-refractivity contribution in [1.29, 1.82) is 0 Å². The Morgan fingerprint density at radius 3 is 2.04 bits per heavy atom. The van der Waals surface area contributed by atoms with Gasteiger partial charge in [-0.3, -0.25) is 24.3 Å². The Kier molecular flexibility index (Phi) is 5.76. The molecule has 1 aromatic carbocycles. The van der Waals surface area contributed by atoms with Crippen molar-refractivity contribution in [2.24, 2.45) is 0 Å². The van der Waals surface area contributed by atoms with Crippen LogP contribution in [0, 0.1) is 0 Å². The van der Waals surface area contributed by atoms with Crippen LogP contribution in [0.4, 0.5) is 0 Å². The smallest absolute Gasteiger partial charge is 0.262 e. The number of likely N-dealkylation sites (tertiary alicyclic amines) is 1. The van der Waals surface area contributed by atoms with Gasteiger partial charge in [-0.1, -0.05) is 12.1 Å². The summed E-state index contributed by atoms with van der Waals surface area (Å²) in [6.07, 6.45) is 3.40. The molecule has 0 aliphatic carbocycles. The first-order valence-electron chi connectivity index (χ1n) is 8.93. The number of rotatable bonds is 4. The number of hydrogen-bond acceptors (Lipinski definition) is 5. The Bertz CT molecular complexity index is 864. The van der Waals surface area contributed by atoms with Gasteiger partial charge in [-0.2, -0.15) is 0 Å². The molecule has 0 unspecified atom stereocenters. The molecule has 2 atom stereocenters. The average molecular weight is 402 g/mol. The molecule has 2 aliphatic heterocycles. The lowest BCUT2D eigenvalue weighted by Gasteiger charge is -2.32. The maximum atomic E-state index is 13.2. The van der Waals surface area contributed by atoms with Crippen LogP contribution in [0.5, 0.6) is 0 Å². The summed E-state index contributed by atoms with van der Waals surface area (Å²) >= 11 is 0. The third-order valence-electron chi connectivity index (χ3n) is 5.12. The lowest BCUT2D eigenvalue weighted by molar-refractivity contribution is -0.138. The third-order valence-corrected chi connectivity index (χ3v) is 5.12. The van der Waals surface area contributed by atoms with E-state index >= 15 is 0 Å². The standard InChI is InChI=1S/C20H19N3O4.ClH/c24-17(13-7-9-21-10-8-13)16(20(27)22-11-3-4-12-22)23-18(25)14-5-1-2-6-15(14)19(23)26;/h1-2,5-10,16-17,24H,3-4,11-12H2;1H/t16-,17+;/m1./s1. The van der Waals surface area contributed by atoms with Gasteiger partial charge < -0.3 is 10.0 Å². The number of carbonyl (C=O) groups excluding carboxylic acids is 3. The van der Waals surface area contributed by atoms with E-state index in [-0.39, 0.29) is 23.5 Å². The third kappa shape index (κ3) is 3.27. The Morgan fingerprint density at radius 1 is 0.964 bits per heavy atom. The van der Waals surface area contributed by atoms with Crippen molar-refractivity contribution >= 4 is 30.1 Å². The summed E-state index contributed by atoms with van der Waals surface area (Å²) in [4.78, 5) is 45.5. The Balaban J connectivity index is 0.00000225. The van der Waals surface area contributed by atoms with E-state index in [9.17, 15) is 19.5 Å². The molecule has 3 heterocycles. The van der Waals surface area contributed by atoms with Crippen molar-refractivity contribution in [2.45, 2.75) is 25.0 Å². The molecule has 3 amide bonds. The highest BCUT2D eigenvalue weighted by Crippen LogP contribution is 2.31.